The lowest BCUT2D eigenvalue weighted by Gasteiger charge is -2.16. The van der Waals surface area contributed by atoms with Crippen molar-refractivity contribution >= 4 is 29.7 Å². The number of halogens is 1. The normalized spacial score (nSPS) is 17.4. The van der Waals surface area contributed by atoms with Gasteiger partial charge < -0.3 is 15.5 Å². The average Bonchev–Trinajstić information content (AvgIpc) is 3.08. The van der Waals surface area contributed by atoms with Crippen molar-refractivity contribution in [1.29, 1.82) is 5.41 Å². The number of ether oxygens (including phenoxy) is 1. The van der Waals surface area contributed by atoms with Gasteiger partial charge in [0.15, 0.2) is 0 Å². The molecule has 1 fully saturated rings. The summed E-state index contributed by atoms with van der Waals surface area (Å²) in [6.07, 6.45) is 2.32. The first-order valence-electron chi connectivity index (χ1n) is 6.58. The molecule has 1 saturated carbocycles. The Labute approximate surface area is 120 Å². The van der Waals surface area contributed by atoms with Crippen molar-refractivity contribution in [3.05, 3.63) is 10.2 Å². The van der Waals surface area contributed by atoms with Gasteiger partial charge in [-0.1, -0.05) is 19.6 Å². The summed E-state index contributed by atoms with van der Waals surface area (Å²) in [7, 11) is -0.989. The Hall–Kier alpha value is -0.133. The third-order valence-corrected chi connectivity index (χ3v) is 5.71. The Balaban J connectivity index is 2.21. The van der Waals surface area contributed by atoms with Crippen LogP contribution < -0.4 is 5.32 Å². The van der Waals surface area contributed by atoms with E-state index in [4.69, 9.17) is 10.1 Å². The molecule has 1 aliphatic carbocycles. The lowest BCUT2D eigenvalue weighted by molar-refractivity contribution is 0.135. The molecular weight excluding hydrogens is 308 g/mol. The molecule has 0 aliphatic heterocycles. The van der Waals surface area contributed by atoms with Gasteiger partial charge >= 0.3 is 0 Å². The zero-order chi connectivity index (χ0) is 13.8. The zero-order valence-corrected chi connectivity index (χ0v) is 14.5. The predicted octanol–water partition coefficient (Wildman–Crippen LogP) is 3.94. The minimum absolute atomic E-state index is 0.476. The second kappa shape index (κ2) is 6.87. The zero-order valence-electron chi connectivity index (χ0n) is 11.9. The highest BCUT2D eigenvalue weighted by molar-refractivity contribution is 9.12. The van der Waals surface area contributed by atoms with Gasteiger partial charge in [-0.2, -0.15) is 0 Å². The quantitative estimate of drug-likeness (QED) is 0.306. The largest absolute Gasteiger partial charge is 0.365 e. The van der Waals surface area contributed by atoms with Gasteiger partial charge in [0, 0.05) is 26.3 Å². The minimum Gasteiger partial charge on any atom is -0.365 e. The van der Waals surface area contributed by atoms with Crippen LogP contribution in [0, 0.1) is 11.3 Å². The van der Waals surface area contributed by atoms with Crippen LogP contribution in [0.1, 0.15) is 19.8 Å². The van der Waals surface area contributed by atoms with Gasteiger partial charge in [0.25, 0.3) is 0 Å². The Kier molecular flexibility index (Phi) is 6.07. The molecule has 18 heavy (non-hydrogen) atoms. The first kappa shape index (κ1) is 15.9. The Morgan fingerprint density at radius 3 is 2.50 bits per heavy atom. The summed E-state index contributed by atoms with van der Waals surface area (Å²) >= 11 is 3.49. The highest BCUT2D eigenvalue weighted by Gasteiger charge is 2.28. The van der Waals surface area contributed by atoms with Crippen molar-refractivity contribution in [1.82, 2.24) is 5.32 Å². The van der Waals surface area contributed by atoms with Crippen LogP contribution in [0.4, 0.5) is 0 Å². The average molecular weight is 333 g/mol. The molecule has 0 atom stereocenters. The Morgan fingerprint density at radius 1 is 1.39 bits per heavy atom. The van der Waals surface area contributed by atoms with E-state index in [0.717, 1.165) is 35.3 Å². The monoisotopic (exact) mass is 332 g/mol. The summed E-state index contributed by atoms with van der Waals surface area (Å²) < 4.78 is 6.49. The van der Waals surface area contributed by atoms with Crippen LogP contribution >= 0.6 is 15.9 Å². The molecular formula is C13H25BrN2OSi. The highest BCUT2D eigenvalue weighted by atomic mass is 79.9. The van der Waals surface area contributed by atoms with Crippen molar-refractivity contribution in [3.8, 4) is 0 Å². The van der Waals surface area contributed by atoms with Gasteiger partial charge in [-0.15, -0.1) is 0 Å². The van der Waals surface area contributed by atoms with E-state index in [2.05, 4.69) is 40.9 Å². The fraction of sp³-hybridized carbons (Fsp3) is 0.769. The third-order valence-electron chi connectivity index (χ3n) is 2.99. The second-order valence-corrected chi connectivity index (χ2v) is 12.6. The van der Waals surface area contributed by atoms with Crippen LogP contribution in [0.5, 0.6) is 0 Å². The van der Waals surface area contributed by atoms with Gasteiger partial charge in [0.05, 0.1) is 10.2 Å². The van der Waals surface area contributed by atoms with E-state index in [9.17, 15) is 0 Å². The molecule has 1 aliphatic rings. The van der Waals surface area contributed by atoms with Crippen molar-refractivity contribution < 1.29 is 4.74 Å². The lowest BCUT2D eigenvalue weighted by atomic mass is 10.2. The molecule has 1 rings (SSSR count). The third kappa shape index (κ3) is 6.16. The van der Waals surface area contributed by atoms with Crippen LogP contribution in [0.25, 0.3) is 0 Å². The predicted molar refractivity (Wildman–Crippen MR) is 84.2 cm³/mol. The lowest BCUT2D eigenvalue weighted by Crippen LogP contribution is -2.24. The van der Waals surface area contributed by atoms with Gasteiger partial charge in [-0.3, -0.25) is 0 Å². The van der Waals surface area contributed by atoms with E-state index in [1.54, 1.807) is 0 Å². The molecule has 0 aromatic carbocycles. The molecule has 3 nitrogen and oxygen atoms in total. The molecule has 2 N–H and O–H groups in total. The minimum atomic E-state index is -0.989. The summed E-state index contributed by atoms with van der Waals surface area (Å²) in [6.45, 7) is 10.4. The summed E-state index contributed by atoms with van der Waals surface area (Å²) in [5.41, 5.74) is 1.72. The van der Waals surface area contributed by atoms with E-state index in [0.29, 0.717) is 12.6 Å². The first-order valence-corrected chi connectivity index (χ1v) is 11.1. The van der Waals surface area contributed by atoms with Crippen molar-refractivity contribution in [2.45, 2.75) is 45.5 Å². The molecule has 0 spiro atoms. The van der Waals surface area contributed by atoms with Crippen molar-refractivity contribution in [2.75, 3.05) is 13.3 Å². The van der Waals surface area contributed by atoms with Gasteiger partial charge in [-0.25, -0.2) is 0 Å². The molecule has 0 radical (unpaired) electrons. The maximum absolute atomic E-state index is 7.96. The number of allylic oxidation sites excluding steroid dienone is 2. The molecule has 0 unspecified atom stereocenters. The van der Waals surface area contributed by atoms with E-state index < -0.39 is 8.07 Å². The van der Waals surface area contributed by atoms with E-state index in [-0.39, 0.29) is 0 Å². The van der Waals surface area contributed by atoms with Crippen LogP contribution in [-0.4, -0.2) is 27.1 Å². The number of rotatable bonds is 8. The summed E-state index contributed by atoms with van der Waals surface area (Å²) in [5, 5.41) is 11.2. The maximum Gasteiger partial charge on any atom is 0.116 e. The molecule has 0 saturated heterocycles. The van der Waals surface area contributed by atoms with Crippen LogP contribution in [0.2, 0.25) is 25.7 Å². The number of nitrogens with one attached hydrogen (secondary N) is 2. The van der Waals surface area contributed by atoms with Gasteiger partial charge in [0.1, 0.15) is 6.73 Å². The number of hydrogen-bond donors (Lipinski definition) is 2. The fourth-order valence-corrected chi connectivity index (χ4v) is 2.66. The topological polar surface area (TPSA) is 45.1 Å². The van der Waals surface area contributed by atoms with Gasteiger partial charge in [0.2, 0.25) is 0 Å². The first-order chi connectivity index (χ1) is 8.31. The number of hydrogen-bond acceptors (Lipinski definition) is 3. The molecule has 0 amide bonds. The molecule has 0 aromatic rings. The SMILES string of the molecule is C/C(NCOCC[Si](C)(C)C)=C(\Br)C(=N)C1CC1. The van der Waals surface area contributed by atoms with Crippen molar-refractivity contribution in [2.24, 2.45) is 5.92 Å². The Bertz CT molecular complexity index is 332. The van der Waals surface area contributed by atoms with E-state index in [1.165, 1.54) is 6.04 Å². The summed E-state index contributed by atoms with van der Waals surface area (Å²) in [6, 6.07) is 1.19. The molecule has 0 aromatic heterocycles. The van der Waals surface area contributed by atoms with Crippen LogP contribution in [0.15, 0.2) is 10.2 Å². The van der Waals surface area contributed by atoms with Gasteiger partial charge in [-0.05, 0) is 41.7 Å². The summed E-state index contributed by atoms with van der Waals surface area (Å²) in [5.74, 6) is 0.476. The molecule has 104 valence electrons. The maximum atomic E-state index is 7.96. The van der Waals surface area contributed by atoms with E-state index in [1.807, 2.05) is 6.92 Å². The highest BCUT2D eigenvalue weighted by Crippen LogP contribution is 2.34. The molecule has 0 heterocycles. The molecule has 5 heteroatoms. The Morgan fingerprint density at radius 2 is 2.00 bits per heavy atom. The smallest absolute Gasteiger partial charge is 0.116 e. The second-order valence-electron chi connectivity index (χ2n) is 6.17. The summed E-state index contributed by atoms with van der Waals surface area (Å²) in [4.78, 5) is 0. The van der Waals surface area contributed by atoms with Crippen LogP contribution in [-0.2, 0) is 4.74 Å². The van der Waals surface area contributed by atoms with Crippen LogP contribution in [0.3, 0.4) is 0 Å². The van der Waals surface area contributed by atoms with Crippen molar-refractivity contribution in [3.63, 3.8) is 0 Å². The standard InChI is InChI=1S/C13H25BrN2OSi/c1-10(12(14)13(15)11-5-6-11)16-9-17-7-8-18(2,3)4/h11,15-16H,5-9H2,1-4H3/b12-10+,15-13?. The molecule has 0 bridgehead atoms. The fourth-order valence-electron chi connectivity index (χ4n) is 1.44. The van der Waals surface area contributed by atoms with E-state index >= 15 is 0 Å².